The van der Waals surface area contributed by atoms with Crippen LogP contribution in [0.2, 0.25) is 5.02 Å². The molecule has 0 aliphatic rings. The molecular formula is C31H22ClNO6. The summed E-state index contributed by atoms with van der Waals surface area (Å²) in [4.78, 5) is 39.4. The van der Waals surface area contributed by atoms with Gasteiger partial charge in [-0.2, -0.15) is 0 Å². The molecule has 1 aromatic heterocycles. The van der Waals surface area contributed by atoms with Crippen LogP contribution < -0.4 is 20.2 Å². The second-order valence-corrected chi connectivity index (χ2v) is 8.97. The molecule has 0 spiro atoms. The number of hydrogen-bond donors (Lipinski definition) is 1. The third-order valence-corrected chi connectivity index (χ3v) is 6.23. The van der Waals surface area contributed by atoms with Gasteiger partial charge < -0.3 is 19.2 Å². The summed E-state index contributed by atoms with van der Waals surface area (Å²) in [6.45, 7) is -0.506. The highest BCUT2D eigenvalue weighted by atomic mass is 35.5. The van der Waals surface area contributed by atoms with E-state index in [1.54, 1.807) is 98.1 Å². The summed E-state index contributed by atoms with van der Waals surface area (Å²) in [7, 11) is 1.55. The first-order valence-corrected chi connectivity index (χ1v) is 12.3. The van der Waals surface area contributed by atoms with Crippen molar-refractivity contribution in [2.24, 2.45) is 0 Å². The number of ether oxygens (including phenoxy) is 2. The molecule has 0 radical (unpaired) electrons. The Kier molecular flexibility index (Phi) is 7.43. The molecule has 0 bridgehead atoms. The van der Waals surface area contributed by atoms with Crippen LogP contribution in [0.15, 0.2) is 106 Å². The Labute approximate surface area is 228 Å². The van der Waals surface area contributed by atoms with Crippen molar-refractivity contribution in [3.05, 3.63) is 123 Å². The van der Waals surface area contributed by atoms with Crippen molar-refractivity contribution in [3.63, 3.8) is 0 Å². The van der Waals surface area contributed by atoms with E-state index in [1.807, 2.05) is 0 Å². The molecule has 0 fully saturated rings. The Morgan fingerprint density at radius 2 is 1.62 bits per heavy atom. The number of amides is 1. The first kappa shape index (κ1) is 25.8. The molecule has 0 saturated heterocycles. The summed E-state index contributed by atoms with van der Waals surface area (Å²) in [5.41, 5.74) is 1.48. The number of fused-ring (bicyclic) bond motifs is 1. The molecular weight excluding hydrogens is 518 g/mol. The number of anilines is 1. The standard InChI is InChI=1S/C31H22ClNO6/c1-37-22-14-11-20(12-15-22)30-31(29(36)23-9-5-6-10-26(23)39-30)38-18-27(34)33-25-16-13-21(32)17-24(25)28(35)19-7-3-2-4-8-19/h2-17H,18H2,1H3,(H,33,34). The van der Waals surface area contributed by atoms with E-state index in [-0.39, 0.29) is 28.5 Å². The molecule has 4 aromatic carbocycles. The molecule has 5 aromatic rings. The molecule has 39 heavy (non-hydrogen) atoms. The highest BCUT2D eigenvalue weighted by molar-refractivity contribution is 6.31. The number of para-hydroxylation sites is 1. The van der Waals surface area contributed by atoms with E-state index >= 15 is 0 Å². The van der Waals surface area contributed by atoms with Crippen molar-refractivity contribution in [2.75, 3.05) is 19.0 Å². The van der Waals surface area contributed by atoms with Crippen molar-refractivity contribution >= 4 is 39.9 Å². The van der Waals surface area contributed by atoms with Gasteiger partial charge in [0.15, 0.2) is 18.2 Å². The molecule has 0 aliphatic heterocycles. The lowest BCUT2D eigenvalue weighted by atomic mass is 10.0. The number of benzene rings is 4. The Balaban J connectivity index is 1.43. The van der Waals surface area contributed by atoms with Crippen LogP contribution in [0.3, 0.4) is 0 Å². The molecule has 0 unspecified atom stereocenters. The Morgan fingerprint density at radius 1 is 0.897 bits per heavy atom. The molecule has 0 atom stereocenters. The predicted octanol–water partition coefficient (Wildman–Crippen LogP) is 6.37. The zero-order valence-electron chi connectivity index (χ0n) is 20.8. The van der Waals surface area contributed by atoms with Crippen molar-refractivity contribution < 1.29 is 23.5 Å². The zero-order chi connectivity index (χ0) is 27.4. The minimum Gasteiger partial charge on any atom is -0.497 e. The van der Waals surface area contributed by atoms with E-state index in [9.17, 15) is 14.4 Å². The average molecular weight is 540 g/mol. The van der Waals surface area contributed by atoms with Crippen molar-refractivity contribution in [1.82, 2.24) is 0 Å². The summed E-state index contributed by atoms with van der Waals surface area (Å²) >= 11 is 6.14. The highest BCUT2D eigenvalue weighted by Gasteiger charge is 2.20. The van der Waals surface area contributed by atoms with Gasteiger partial charge in [-0.1, -0.05) is 54.1 Å². The number of halogens is 1. The molecule has 5 rings (SSSR count). The number of nitrogens with one attached hydrogen (secondary N) is 1. The lowest BCUT2D eigenvalue weighted by molar-refractivity contribution is -0.118. The highest BCUT2D eigenvalue weighted by Crippen LogP contribution is 2.32. The number of carbonyl (C=O) groups is 2. The summed E-state index contributed by atoms with van der Waals surface area (Å²) in [5, 5.41) is 3.36. The van der Waals surface area contributed by atoms with Crippen molar-refractivity contribution in [2.45, 2.75) is 0 Å². The smallest absolute Gasteiger partial charge is 0.262 e. The molecule has 0 aliphatic carbocycles. The molecule has 7 nitrogen and oxygen atoms in total. The van der Waals surface area contributed by atoms with Gasteiger partial charge in [-0.25, -0.2) is 0 Å². The number of hydrogen-bond acceptors (Lipinski definition) is 6. The van der Waals surface area contributed by atoms with Crippen LogP contribution in [0.5, 0.6) is 11.5 Å². The average Bonchev–Trinajstić information content (AvgIpc) is 2.97. The van der Waals surface area contributed by atoms with Gasteiger partial charge in [-0.3, -0.25) is 14.4 Å². The van der Waals surface area contributed by atoms with Gasteiger partial charge in [0.2, 0.25) is 11.2 Å². The van der Waals surface area contributed by atoms with Gasteiger partial charge in [0.1, 0.15) is 11.3 Å². The van der Waals surface area contributed by atoms with E-state index in [0.717, 1.165) is 0 Å². The van der Waals surface area contributed by atoms with Crippen LogP contribution >= 0.6 is 11.6 Å². The minimum absolute atomic E-state index is 0.106. The second-order valence-electron chi connectivity index (χ2n) is 8.54. The SMILES string of the molecule is COc1ccc(-c2oc3ccccc3c(=O)c2OCC(=O)Nc2ccc(Cl)cc2C(=O)c2ccccc2)cc1. The third kappa shape index (κ3) is 5.54. The van der Waals surface area contributed by atoms with Crippen LogP contribution in [0.4, 0.5) is 5.69 Å². The first-order chi connectivity index (χ1) is 18.9. The van der Waals surface area contributed by atoms with Crippen molar-refractivity contribution in [3.8, 4) is 22.8 Å². The van der Waals surface area contributed by atoms with E-state index in [2.05, 4.69) is 5.32 Å². The lowest BCUT2D eigenvalue weighted by Crippen LogP contribution is -2.23. The van der Waals surface area contributed by atoms with Crippen LogP contribution in [0, 0.1) is 0 Å². The van der Waals surface area contributed by atoms with Gasteiger partial charge >= 0.3 is 0 Å². The second kappa shape index (κ2) is 11.2. The van der Waals surface area contributed by atoms with E-state index in [0.29, 0.717) is 32.9 Å². The van der Waals surface area contributed by atoms with E-state index < -0.39 is 17.9 Å². The third-order valence-electron chi connectivity index (χ3n) is 5.99. The van der Waals surface area contributed by atoms with Gasteiger partial charge in [-0.05, 0) is 54.6 Å². The van der Waals surface area contributed by atoms with Gasteiger partial charge in [-0.15, -0.1) is 0 Å². The monoisotopic (exact) mass is 539 g/mol. The summed E-state index contributed by atoms with van der Waals surface area (Å²) in [6, 6.07) is 27.0. The maximum absolute atomic E-state index is 13.4. The normalized spacial score (nSPS) is 10.7. The predicted molar refractivity (Wildman–Crippen MR) is 150 cm³/mol. The fraction of sp³-hybridized carbons (Fsp3) is 0.0645. The molecule has 1 N–H and O–H groups in total. The van der Waals surface area contributed by atoms with E-state index in [1.165, 1.54) is 6.07 Å². The fourth-order valence-corrected chi connectivity index (χ4v) is 4.24. The largest absolute Gasteiger partial charge is 0.497 e. The maximum atomic E-state index is 13.4. The minimum atomic E-state index is -0.576. The van der Waals surface area contributed by atoms with Crippen molar-refractivity contribution in [1.29, 1.82) is 0 Å². The van der Waals surface area contributed by atoms with Gasteiger partial charge in [0.05, 0.1) is 18.2 Å². The van der Waals surface area contributed by atoms with Gasteiger partial charge in [0.25, 0.3) is 5.91 Å². The molecule has 8 heteroatoms. The molecule has 1 heterocycles. The quantitative estimate of drug-likeness (QED) is 0.230. The Morgan fingerprint density at radius 3 is 2.36 bits per heavy atom. The van der Waals surface area contributed by atoms with Crippen LogP contribution in [0.1, 0.15) is 15.9 Å². The maximum Gasteiger partial charge on any atom is 0.262 e. The molecule has 1 amide bonds. The topological polar surface area (TPSA) is 94.8 Å². The lowest BCUT2D eigenvalue weighted by Gasteiger charge is -2.14. The number of carbonyl (C=O) groups excluding carboxylic acids is 2. The summed E-state index contributed by atoms with van der Waals surface area (Å²) in [6.07, 6.45) is 0. The molecule has 0 saturated carbocycles. The van der Waals surface area contributed by atoms with Crippen LogP contribution in [-0.2, 0) is 4.79 Å². The zero-order valence-corrected chi connectivity index (χ0v) is 21.5. The number of ketones is 1. The molecule has 194 valence electrons. The number of methoxy groups -OCH3 is 1. The van der Waals surface area contributed by atoms with Crippen LogP contribution in [-0.4, -0.2) is 25.4 Å². The van der Waals surface area contributed by atoms with E-state index in [4.69, 9.17) is 25.5 Å². The Hall–Kier alpha value is -4.88. The Bertz CT molecular complexity index is 1730. The fourth-order valence-electron chi connectivity index (χ4n) is 4.07. The number of rotatable bonds is 8. The van der Waals surface area contributed by atoms with Gasteiger partial charge in [0, 0.05) is 21.7 Å². The first-order valence-electron chi connectivity index (χ1n) is 12.0. The summed E-state index contributed by atoms with van der Waals surface area (Å²) < 4.78 is 17.0. The van der Waals surface area contributed by atoms with Crippen LogP contribution in [0.25, 0.3) is 22.3 Å². The summed E-state index contributed by atoms with van der Waals surface area (Å²) in [5.74, 6) is -0.169.